The van der Waals surface area contributed by atoms with Gasteiger partial charge in [0, 0.05) is 37.6 Å². The van der Waals surface area contributed by atoms with Crippen molar-refractivity contribution in [2.75, 3.05) is 45.3 Å². The summed E-state index contributed by atoms with van der Waals surface area (Å²) in [6.45, 7) is 6.01. The van der Waals surface area contributed by atoms with Crippen LogP contribution >= 0.6 is 11.3 Å². The van der Waals surface area contributed by atoms with Crippen LogP contribution in [0.3, 0.4) is 0 Å². The molecule has 0 saturated carbocycles. The van der Waals surface area contributed by atoms with Gasteiger partial charge in [-0.3, -0.25) is 19.4 Å². The van der Waals surface area contributed by atoms with Crippen LogP contribution < -0.4 is 14.4 Å². The van der Waals surface area contributed by atoms with Gasteiger partial charge in [0.2, 0.25) is 0 Å². The second-order valence-electron chi connectivity index (χ2n) is 8.82. The zero-order valence-electron chi connectivity index (χ0n) is 20.2. The average molecular weight is 492 g/mol. The van der Waals surface area contributed by atoms with Crippen LogP contribution in [0.1, 0.15) is 44.1 Å². The minimum absolute atomic E-state index is 0.200. The molecule has 35 heavy (non-hydrogen) atoms. The number of amides is 2. The molecule has 2 aliphatic heterocycles. The van der Waals surface area contributed by atoms with E-state index >= 15 is 0 Å². The summed E-state index contributed by atoms with van der Waals surface area (Å²) in [6, 6.07) is 15.3. The van der Waals surface area contributed by atoms with E-state index in [1.807, 2.05) is 48.7 Å². The molecule has 3 heterocycles. The molecule has 1 saturated heterocycles. The molecule has 182 valence electrons. The van der Waals surface area contributed by atoms with Crippen LogP contribution in [0.4, 0.5) is 5.69 Å². The highest BCUT2D eigenvalue weighted by molar-refractivity contribution is 7.10. The Bertz CT molecular complexity index is 1240. The predicted octanol–water partition coefficient (Wildman–Crippen LogP) is 4.44. The molecule has 1 unspecified atom stereocenters. The van der Waals surface area contributed by atoms with E-state index < -0.39 is 0 Å². The maximum atomic E-state index is 13.5. The summed E-state index contributed by atoms with van der Waals surface area (Å²) < 4.78 is 10.8. The number of imide groups is 1. The first-order chi connectivity index (χ1) is 17.0. The van der Waals surface area contributed by atoms with Crippen LogP contribution in [0.25, 0.3) is 0 Å². The minimum atomic E-state index is -0.284. The third kappa shape index (κ3) is 4.28. The van der Waals surface area contributed by atoms with E-state index in [0.29, 0.717) is 11.1 Å². The minimum Gasteiger partial charge on any atom is -0.493 e. The van der Waals surface area contributed by atoms with E-state index in [-0.39, 0.29) is 17.9 Å². The monoisotopic (exact) mass is 491 g/mol. The molecule has 1 fully saturated rings. The number of methoxy groups -OCH3 is 2. The number of carbonyl (C=O) groups is 2. The van der Waals surface area contributed by atoms with Crippen LogP contribution in [0.2, 0.25) is 0 Å². The number of rotatable bonds is 7. The number of thiophene rings is 1. The summed E-state index contributed by atoms with van der Waals surface area (Å²) in [6.07, 6.45) is 0. The van der Waals surface area contributed by atoms with Gasteiger partial charge in [0.05, 0.1) is 37.1 Å². The van der Waals surface area contributed by atoms with E-state index in [4.69, 9.17) is 9.47 Å². The molecular weight excluding hydrogens is 462 g/mol. The maximum Gasteiger partial charge on any atom is 0.264 e. The van der Waals surface area contributed by atoms with Crippen molar-refractivity contribution < 1.29 is 19.1 Å². The fourth-order valence-electron chi connectivity index (χ4n) is 4.94. The number of hydrogen-bond donors (Lipinski definition) is 0. The Hall–Kier alpha value is -3.36. The topological polar surface area (TPSA) is 62.3 Å². The fourth-order valence-corrected chi connectivity index (χ4v) is 5.71. The standard InChI is InChI=1S/C27H29N3O4S/c1-18(24-8-5-15-35-24)30-26(31)20-6-4-7-21(25(20)27(30)32)29-13-11-28(12-14-29)17-19-9-10-22(33-2)23(16-19)34-3/h4-10,15-16,18H,11-14,17H2,1-3H3. The van der Waals surface area contributed by atoms with Crippen molar-refractivity contribution in [3.05, 3.63) is 75.5 Å². The van der Waals surface area contributed by atoms with Crippen molar-refractivity contribution in [2.24, 2.45) is 0 Å². The van der Waals surface area contributed by atoms with Gasteiger partial charge in [-0.2, -0.15) is 0 Å². The maximum absolute atomic E-state index is 13.5. The molecular formula is C27H29N3O4S. The Morgan fingerprint density at radius 1 is 0.914 bits per heavy atom. The quantitative estimate of drug-likeness (QED) is 0.455. The van der Waals surface area contributed by atoms with E-state index in [2.05, 4.69) is 15.9 Å². The number of carbonyl (C=O) groups excluding carboxylic acids is 2. The van der Waals surface area contributed by atoms with Crippen LogP contribution in [-0.2, 0) is 6.54 Å². The highest BCUT2D eigenvalue weighted by Gasteiger charge is 2.41. The summed E-state index contributed by atoms with van der Waals surface area (Å²) in [5.74, 6) is 1.04. The van der Waals surface area contributed by atoms with Gasteiger partial charge in [0.1, 0.15) is 0 Å². The summed E-state index contributed by atoms with van der Waals surface area (Å²) in [5.41, 5.74) is 3.06. The number of nitrogens with zero attached hydrogens (tertiary/aromatic N) is 3. The largest absolute Gasteiger partial charge is 0.493 e. The third-order valence-electron chi connectivity index (χ3n) is 6.83. The molecule has 8 heteroatoms. The Morgan fingerprint density at radius 2 is 1.69 bits per heavy atom. The highest BCUT2D eigenvalue weighted by Crippen LogP contribution is 2.37. The van der Waals surface area contributed by atoms with Crippen LogP contribution in [0.15, 0.2) is 53.9 Å². The Labute approximate surface area is 209 Å². The number of fused-ring (bicyclic) bond motifs is 1. The predicted molar refractivity (Wildman–Crippen MR) is 137 cm³/mol. The van der Waals surface area contributed by atoms with E-state index in [1.165, 1.54) is 4.90 Å². The lowest BCUT2D eigenvalue weighted by Gasteiger charge is -2.36. The van der Waals surface area contributed by atoms with Gasteiger partial charge in [-0.25, -0.2) is 0 Å². The Morgan fingerprint density at radius 3 is 2.37 bits per heavy atom. The number of hydrogen-bond acceptors (Lipinski definition) is 7. The molecule has 1 atom stereocenters. The molecule has 2 aliphatic rings. The van der Waals surface area contributed by atoms with Crippen molar-refractivity contribution >= 4 is 28.8 Å². The molecule has 5 rings (SSSR count). The third-order valence-corrected chi connectivity index (χ3v) is 7.88. The van der Waals surface area contributed by atoms with Crippen molar-refractivity contribution in [2.45, 2.75) is 19.5 Å². The second kappa shape index (κ2) is 9.71. The smallest absolute Gasteiger partial charge is 0.264 e. The summed E-state index contributed by atoms with van der Waals surface area (Å²) in [5, 5.41) is 1.97. The van der Waals surface area contributed by atoms with Gasteiger partial charge in [0.25, 0.3) is 11.8 Å². The molecule has 3 aromatic rings. The Balaban J connectivity index is 1.30. The highest BCUT2D eigenvalue weighted by atomic mass is 32.1. The second-order valence-corrected chi connectivity index (χ2v) is 9.80. The molecule has 7 nitrogen and oxygen atoms in total. The van der Waals surface area contributed by atoms with E-state index in [0.717, 1.165) is 60.4 Å². The molecule has 2 aromatic carbocycles. The van der Waals surface area contributed by atoms with Crippen molar-refractivity contribution in [1.29, 1.82) is 0 Å². The number of benzene rings is 2. The lowest BCUT2D eigenvalue weighted by Crippen LogP contribution is -2.46. The lowest BCUT2D eigenvalue weighted by molar-refractivity contribution is 0.0598. The van der Waals surface area contributed by atoms with Crippen LogP contribution in [-0.4, -0.2) is 62.0 Å². The lowest BCUT2D eigenvalue weighted by atomic mass is 10.1. The fraction of sp³-hybridized carbons (Fsp3) is 0.333. The molecule has 0 radical (unpaired) electrons. The first-order valence-corrected chi connectivity index (χ1v) is 12.6. The normalized spacial score (nSPS) is 17.0. The molecule has 2 amide bonds. The summed E-state index contributed by atoms with van der Waals surface area (Å²) in [4.78, 5) is 33.7. The molecule has 0 aliphatic carbocycles. The summed E-state index contributed by atoms with van der Waals surface area (Å²) in [7, 11) is 3.28. The van der Waals surface area contributed by atoms with Gasteiger partial charge < -0.3 is 14.4 Å². The zero-order chi connectivity index (χ0) is 24.5. The average Bonchev–Trinajstić information content (AvgIpc) is 3.51. The molecule has 0 bridgehead atoms. The van der Waals surface area contributed by atoms with Gasteiger partial charge >= 0.3 is 0 Å². The first-order valence-electron chi connectivity index (χ1n) is 11.7. The molecule has 0 spiro atoms. The van der Waals surface area contributed by atoms with Crippen molar-refractivity contribution in [3.8, 4) is 11.5 Å². The Kier molecular flexibility index (Phi) is 6.49. The summed E-state index contributed by atoms with van der Waals surface area (Å²) >= 11 is 1.56. The number of ether oxygens (including phenoxy) is 2. The van der Waals surface area contributed by atoms with Crippen LogP contribution in [0.5, 0.6) is 11.5 Å². The van der Waals surface area contributed by atoms with Gasteiger partial charge in [-0.15, -0.1) is 11.3 Å². The first kappa shape index (κ1) is 23.4. The zero-order valence-corrected chi connectivity index (χ0v) is 21.0. The van der Waals surface area contributed by atoms with Gasteiger partial charge in [-0.05, 0) is 48.2 Å². The number of anilines is 1. The molecule has 0 N–H and O–H groups in total. The van der Waals surface area contributed by atoms with E-state index in [1.54, 1.807) is 31.6 Å². The van der Waals surface area contributed by atoms with E-state index in [9.17, 15) is 9.59 Å². The van der Waals surface area contributed by atoms with Crippen LogP contribution in [0, 0.1) is 0 Å². The SMILES string of the molecule is COc1ccc(CN2CCN(c3cccc4c3C(=O)N(C(C)c3cccs3)C4=O)CC2)cc1OC. The number of piperazine rings is 1. The van der Waals surface area contributed by atoms with Gasteiger partial charge in [0.15, 0.2) is 11.5 Å². The van der Waals surface area contributed by atoms with Crippen molar-refractivity contribution in [3.63, 3.8) is 0 Å². The molecule has 1 aromatic heterocycles. The van der Waals surface area contributed by atoms with Crippen molar-refractivity contribution in [1.82, 2.24) is 9.80 Å². The van der Waals surface area contributed by atoms with Gasteiger partial charge in [-0.1, -0.05) is 18.2 Å².